The lowest BCUT2D eigenvalue weighted by atomic mass is 10.1. The molecule has 3 aromatic carbocycles. The summed E-state index contributed by atoms with van der Waals surface area (Å²) >= 11 is 0. The number of Topliss-reactive ketones (excluding diaryl/α,β-unsaturated/α-hetero) is 1. The number of carbonyl (C=O) groups is 2. The highest BCUT2D eigenvalue weighted by Crippen LogP contribution is 2.36. The lowest BCUT2D eigenvalue weighted by Gasteiger charge is -2.12. The molecular weight excluding hydrogens is 412 g/mol. The van der Waals surface area contributed by atoms with Crippen molar-refractivity contribution in [2.24, 2.45) is 0 Å². The molecule has 7 nitrogen and oxygen atoms in total. The van der Waals surface area contributed by atoms with Gasteiger partial charge in [0, 0.05) is 6.07 Å². The van der Waals surface area contributed by atoms with Crippen LogP contribution in [-0.4, -0.2) is 33.1 Å². The van der Waals surface area contributed by atoms with Crippen LogP contribution in [0.4, 0.5) is 0 Å². The highest BCUT2D eigenvalue weighted by atomic mass is 16.5. The van der Waals surface area contributed by atoms with Gasteiger partial charge in [0.25, 0.3) is 0 Å². The quantitative estimate of drug-likeness (QED) is 0.321. The molecule has 1 aliphatic rings. The minimum atomic E-state index is -0.657. The van der Waals surface area contributed by atoms with E-state index < -0.39 is 5.97 Å². The number of fused-ring (bicyclic) bond motifs is 1. The average Bonchev–Trinajstić information content (AvgIpc) is 3.12. The average molecular weight is 432 g/mol. The van der Waals surface area contributed by atoms with Gasteiger partial charge < -0.3 is 23.7 Å². The second-order valence-corrected chi connectivity index (χ2v) is 6.80. The lowest BCUT2D eigenvalue weighted by molar-refractivity contribution is 0.0727. The van der Waals surface area contributed by atoms with Crippen LogP contribution in [0.1, 0.15) is 26.3 Å². The van der Waals surface area contributed by atoms with Crippen LogP contribution in [0.15, 0.2) is 66.4 Å². The summed E-state index contributed by atoms with van der Waals surface area (Å²) in [5, 5.41) is 0. The fourth-order valence-electron chi connectivity index (χ4n) is 3.32. The third kappa shape index (κ3) is 4.00. The van der Waals surface area contributed by atoms with E-state index in [-0.39, 0.29) is 22.9 Å². The van der Waals surface area contributed by atoms with Crippen molar-refractivity contribution >= 4 is 17.8 Å². The van der Waals surface area contributed by atoms with Crippen LogP contribution in [0.5, 0.6) is 28.7 Å². The molecule has 0 aromatic heterocycles. The normalized spacial score (nSPS) is 13.3. The Morgan fingerprint density at radius 1 is 0.844 bits per heavy atom. The first-order valence-electron chi connectivity index (χ1n) is 9.69. The molecule has 0 bridgehead atoms. The third-order valence-electron chi connectivity index (χ3n) is 4.88. The van der Waals surface area contributed by atoms with Crippen molar-refractivity contribution in [1.29, 1.82) is 0 Å². The van der Waals surface area contributed by atoms with Gasteiger partial charge in [-0.15, -0.1) is 0 Å². The Balaban J connectivity index is 1.58. The van der Waals surface area contributed by atoms with E-state index in [1.54, 1.807) is 43.5 Å². The molecule has 0 unspecified atom stereocenters. The molecule has 0 aliphatic carbocycles. The molecule has 0 fully saturated rings. The van der Waals surface area contributed by atoms with Crippen molar-refractivity contribution in [3.8, 4) is 28.7 Å². The zero-order chi connectivity index (χ0) is 22.7. The van der Waals surface area contributed by atoms with Crippen molar-refractivity contribution < 1.29 is 33.3 Å². The van der Waals surface area contributed by atoms with Crippen LogP contribution < -0.4 is 23.7 Å². The van der Waals surface area contributed by atoms with Crippen LogP contribution >= 0.6 is 0 Å². The maximum absolute atomic E-state index is 12.8. The summed E-state index contributed by atoms with van der Waals surface area (Å²) in [7, 11) is 4.48. The number of esters is 1. The number of hydrogen-bond acceptors (Lipinski definition) is 7. The summed E-state index contributed by atoms with van der Waals surface area (Å²) in [6.07, 6.45) is 1.64. The fraction of sp³-hybridized carbons (Fsp3) is 0.120. The smallest absolute Gasteiger partial charge is 0.351 e. The summed E-state index contributed by atoms with van der Waals surface area (Å²) in [6.45, 7) is 0. The van der Waals surface area contributed by atoms with Gasteiger partial charge in [-0.1, -0.05) is 18.2 Å². The Morgan fingerprint density at radius 2 is 1.56 bits per heavy atom. The summed E-state index contributed by atoms with van der Waals surface area (Å²) < 4.78 is 27.0. The van der Waals surface area contributed by atoms with E-state index >= 15 is 0 Å². The Bertz CT molecular complexity index is 1200. The van der Waals surface area contributed by atoms with Gasteiger partial charge >= 0.3 is 5.97 Å². The van der Waals surface area contributed by atoms with Gasteiger partial charge in [-0.05, 0) is 48.0 Å². The maximum Gasteiger partial charge on any atom is 0.351 e. The Labute approximate surface area is 184 Å². The largest absolute Gasteiger partial charge is 0.497 e. The van der Waals surface area contributed by atoms with Crippen molar-refractivity contribution in [1.82, 2.24) is 0 Å². The van der Waals surface area contributed by atoms with E-state index in [1.807, 2.05) is 18.2 Å². The maximum atomic E-state index is 12.8. The minimum absolute atomic E-state index is 0.161. The van der Waals surface area contributed by atoms with E-state index in [4.69, 9.17) is 23.7 Å². The molecule has 0 amide bonds. The highest BCUT2D eigenvalue weighted by molar-refractivity contribution is 6.14. The summed E-state index contributed by atoms with van der Waals surface area (Å²) in [5.41, 5.74) is 1.30. The van der Waals surface area contributed by atoms with Gasteiger partial charge in [-0.2, -0.15) is 0 Å². The summed E-state index contributed by atoms with van der Waals surface area (Å²) in [5.74, 6) is 1.10. The molecule has 3 aromatic rings. The molecular formula is C25H20O7. The second-order valence-electron chi connectivity index (χ2n) is 6.80. The first-order chi connectivity index (χ1) is 15.5. The number of carbonyl (C=O) groups excluding carboxylic acids is 2. The van der Waals surface area contributed by atoms with E-state index in [0.717, 1.165) is 5.56 Å². The predicted molar refractivity (Wildman–Crippen MR) is 117 cm³/mol. The van der Waals surface area contributed by atoms with Crippen LogP contribution in [0.3, 0.4) is 0 Å². The molecule has 1 aliphatic heterocycles. The number of benzene rings is 3. The van der Waals surface area contributed by atoms with Crippen LogP contribution in [-0.2, 0) is 0 Å². The third-order valence-corrected chi connectivity index (χ3v) is 4.88. The number of ketones is 1. The fourth-order valence-corrected chi connectivity index (χ4v) is 3.32. The Hall–Kier alpha value is -4.26. The molecule has 0 saturated heterocycles. The standard InChI is InChI=1S/C25H20O7/c1-28-16-7-4-6-15(12-16)13-22-24(26)18-11-10-17(14-21(18)32-22)31-25(27)23-19(29-2)8-5-9-20(23)30-3/h4-14H,1-3H3. The van der Waals surface area contributed by atoms with Gasteiger partial charge in [0.15, 0.2) is 5.76 Å². The molecule has 4 rings (SSSR count). The summed E-state index contributed by atoms with van der Waals surface area (Å²) in [4.78, 5) is 25.5. The number of allylic oxidation sites excluding steroid dienone is 1. The van der Waals surface area contributed by atoms with Gasteiger partial charge in [-0.25, -0.2) is 4.79 Å². The first-order valence-corrected chi connectivity index (χ1v) is 9.69. The molecule has 1 heterocycles. The molecule has 0 atom stereocenters. The van der Waals surface area contributed by atoms with Crippen molar-refractivity contribution in [2.45, 2.75) is 0 Å². The van der Waals surface area contributed by atoms with E-state index in [9.17, 15) is 9.59 Å². The lowest BCUT2D eigenvalue weighted by Crippen LogP contribution is -2.12. The second kappa shape index (κ2) is 8.85. The van der Waals surface area contributed by atoms with Crippen LogP contribution in [0, 0.1) is 0 Å². The first kappa shape index (κ1) is 21.0. The van der Waals surface area contributed by atoms with E-state index in [0.29, 0.717) is 28.6 Å². The number of hydrogen-bond donors (Lipinski definition) is 0. The van der Waals surface area contributed by atoms with E-state index in [2.05, 4.69) is 0 Å². The molecule has 0 saturated carbocycles. The predicted octanol–water partition coefficient (Wildman–Crippen LogP) is 4.55. The van der Waals surface area contributed by atoms with Gasteiger partial charge in [-0.3, -0.25) is 4.79 Å². The zero-order valence-electron chi connectivity index (χ0n) is 17.7. The van der Waals surface area contributed by atoms with Crippen LogP contribution in [0.2, 0.25) is 0 Å². The highest BCUT2D eigenvalue weighted by Gasteiger charge is 2.28. The molecule has 7 heteroatoms. The monoisotopic (exact) mass is 432 g/mol. The molecule has 32 heavy (non-hydrogen) atoms. The number of ether oxygens (including phenoxy) is 5. The minimum Gasteiger partial charge on any atom is -0.497 e. The SMILES string of the molecule is COc1cccc(C=C2Oc3cc(OC(=O)c4c(OC)cccc4OC)ccc3C2=O)c1. The Morgan fingerprint density at radius 3 is 2.25 bits per heavy atom. The van der Waals surface area contributed by atoms with Crippen molar-refractivity contribution in [3.63, 3.8) is 0 Å². The molecule has 0 N–H and O–H groups in total. The zero-order valence-corrected chi connectivity index (χ0v) is 17.7. The van der Waals surface area contributed by atoms with Crippen molar-refractivity contribution in [3.05, 3.63) is 83.1 Å². The molecule has 0 radical (unpaired) electrons. The Kier molecular flexibility index (Phi) is 5.81. The summed E-state index contributed by atoms with van der Waals surface area (Å²) in [6, 6.07) is 16.8. The van der Waals surface area contributed by atoms with Gasteiger partial charge in [0.1, 0.15) is 34.3 Å². The van der Waals surface area contributed by atoms with Crippen LogP contribution in [0.25, 0.3) is 6.08 Å². The topological polar surface area (TPSA) is 80.3 Å². The van der Waals surface area contributed by atoms with Crippen molar-refractivity contribution in [2.75, 3.05) is 21.3 Å². The number of rotatable bonds is 6. The molecule has 0 spiro atoms. The van der Waals surface area contributed by atoms with Gasteiger partial charge in [0.2, 0.25) is 5.78 Å². The van der Waals surface area contributed by atoms with E-state index in [1.165, 1.54) is 26.4 Å². The molecule has 162 valence electrons. The van der Waals surface area contributed by atoms with Gasteiger partial charge in [0.05, 0.1) is 26.9 Å². The number of methoxy groups -OCH3 is 3.